The molecular formula is C23H17F3N2O4S. The monoisotopic (exact) mass is 474 g/mol. The van der Waals surface area contributed by atoms with Crippen LogP contribution in [0.5, 0.6) is 11.5 Å². The zero-order valence-corrected chi connectivity index (χ0v) is 17.9. The van der Waals surface area contributed by atoms with E-state index in [1.165, 1.54) is 72.8 Å². The fourth-order valence-corrected chi connectivity index (χ4v) is 4.06. The number of rotatable bonds is 4. The molecule has 0 saturated carbocycles. The third kappa shape index (κ3) is 4.42. The zero-order valence-electron chi connectivity index (χ0n) is 17.1. The van der Waals surface area contributed by atoms with E-state index in [4.69, 9.17) is 0 Å². The van der Waals surface area contributed by atoms with Gasteiger partial charge in [-0.15, -0.1) is 0 Å². The fourth-order valence-electron chi connectivity index (χ4n) is 3.43. The van der Waals surface area contributed by atoms with E-state index >= 15 is 0 Å². The second-order valence-electron chi connectivity index (χ2n) is 7.34. The summed E-state index contributed by atoms with van der Waals surface area (Å²) in [6.45, 7) is 0. The molecule has 1 aromatic heterocycles. The van der Waals surface area contributed by atoms with Crippen molar-refractivity contribution in [2.45, 2.75) is 11.1 Å². The van der Waals surface area contributed by atoms with E-state index in [9.17, 15) is 31.8 Å². The van der Waals surface area contributed by atoms with Crippen LogP contribution in [0.2, 0.25) is 0 Å². The number of aromatic nitrogens is 2. The summed E-state index contributed by atoms with van der Waals surface area (Å²) < 4.78 is 67.0. The van der Waals surface area contributed by atoms with Crippen LogP contribution in [0.15, 0.2) is 77.7 Å². The number of alkyl halides is 3. The van der Waals surface area contributed by atoms with Gasteiger partial charge in [-0.2, -0.15) is 18.3 Å². The summed E-state index contributed by atoms with van der Waals surface area (Å²) in [5.41, 5.74) is -0.607. The highest BCUT2D eigenvalue weighted by Gasteiger charge is 2.40. The minimum atomic E-state index is -4.81. The standard InChI is InChI=1S/C23H17F3N2O4S/c1-33(31,32)19-12-4-15(5-13-19)21-20(14-2-8-17(29)9-3-14)22(23(24,25)26)27-28(21)16-6-10-18(30)11-7-16/h2-13,29-30H,1H3. The Balaban J connectivity index is 2.07. The van der Waals surface area contributed by atoms with Gasteiger partial charge in [0.25, 0.3) is 0 Å². The molecular weight excluding hydrogens is 457 g/mol. The highest BCUT2D eigenvalue weighted by Crippen LogP contribution is 2.44. The summed E-state index contributed by atoms with van der Waals surface area (Å²) in [6, 6.07) is 16.1. The lowest BCUT2D eigenvalue weighted by molar-refractivity contribution is -0.140. The average Bonchev–Trinajstić information content (AvgIpc) is 3.15. The molecule has 10 heteroatoms. The van der Waals surface area contributed by atoms with Gasteiger partial charge in [0, 0.05) is 17.4 Å². The maximum Gasteiger partial charge on any atom is 0.435 e. The third-order valence-corrected chi connectivity index (χ3v) is 6.09. The largest absolute Gasteiger partial charge is 0.508 e. The van der Waals surface area contributed by atoms with Crippen LogP contribution in [-0.2, 0) is 16.0 Å². The Labute approximate surface area is 187 Å². The van der Waals surface area contributed by atoms with E-state index in [-0.39, 0.29) is 38.9 Å². The van der Waals surface area contributed by atoms with Gasteiger partial charge in [-0.25, -0.2) is 13.1 Å². The summed E-state index contributed by atoms with van der Waals surface area (Å²) in [7, 11) is -3.51. The predicted octanol–water partition coefficient (Wildman–Crippen LogP) is 5.04. The molecule has 4 aromatic rings. The highest BCUT2D eigenvalue weighted by atomic mass is 32.2. The van der Waals surface area contributed by atoms with Crippen molar-refractivity contribution in [3.63, 3.8) is 0 Å². The van der Waals surface area contributed by atoms with Gasteiger partial charge in [0.2, 0.25) is 0 Å². The molecule has 0 unspecified atom stereocenters. The van der Waals surface area contributed by atoms with Gasteiger partial charge < -0.3 is 10.2 Å². The van der Waals surface area contributed by atoms with Gasteiger partial charge >= 0.3 is 6.18 Å². The van der Waals surface area contributed by atoms with Crippen LogP contribution in [-0.4, -0.2) is 34.7 Å². The molecule has 4 rings (SSSR count). The van der Waals surface area contributed by atoms with E-state index in [1.807, 2.05) is 0 Å². The fraction of sp³-hybridized carbons (Fsp3) is 0.0870. The Morgan fingerprint density at radius 3 is 1.76 bits per heavy atom. The molecule has 0 spiro atoms. The summed E-state index contributed by atoms with van der Waals surface area (Å²) in [5, 5.41) is 23.1. The number of nitrogens with zero attached hydrogens (tertiary/aromatic N) is 2. The van der Waals surface area contributed by atoms with E-state index in [0.717, 1.165) is 10.9 Å². The first-order valence-corrected chi connectivity index (χ1v) is 11.4. The molecule has 3 aromatic carbocycles. The normalized spacial score (nSPS) is 12.1. The number of hydrogen-bond donors (Lipinski definition) is 2. The van der Waals surface area contributed by atoms with Gasteiger partial charge in [0.1, 0.15) is 11.5 Å². The van der Waals surface area contributed by atoms with Crippen LogP contribution < -0.4 is 0 Å². The van der Waals surface area contributed by atoms with Crippen molar-refractivity contribution >= 4 is 9.84 Å². The number of benzene rings is 3. The second kappa shape index (κ2) is 7.96. The zero-order chi connectivity index (χ0) is 24.0. The Morgan fingerprint density at radius 1 is 0.788 bits per heavy atom. The molecule has 0 aliphatic rings. The quantitative estimate of drug-likeness (QED) is 0.432. The second-order valence-corrected chi connectivity index (χ2v) is 9.36. The van der Waals surface area contributed by atoms with E-state index in [2.05, 4.69) is 5.10 Å². The lowest BCUT2D eigenvalue weighted by Crippen LogP contribution is -2.08. The van der Waals surface area contributed by atoms with Gasteiger partial charge in [0.15, 0.2) is 15.5 Å². The highest BCUT2D eigenvalue weighted by molar-refractivity contribution is 7.90. The maximum absolute atomic E-state index is 14.1. The Hall–Kier alpha value is -3.79. The topological polar surface area (TPSA) is 92.4 Å². The van der Waals surface area contributed by atoms with Crippen LogP contribution in [0.1, 0.15) is 5.69 Å². The molecule has 0 atom stereocenters. The summed E-state index contributed by atoms with van der Waals surface area (Å²) in [6.07, 6.45) is -3.77. The molecule has 0 bridgehead atoms. The number of aromatic hydroxyl groups is 2. The molecule has 0 radical (unpaired) electrons. The summed E-state index contributed by atoms with van der Waals surface area (Å²) in [4.78, 5) is 0.0178. The number of hydrogen-bond acceptors (Lipinski definition) is 5. The van der Waals surface area contributed by atoms with E-state index < -0.39 is 21.7 Å². The van der Waals surface area contributed by atoms with Gasteiger partial charge in [-0.05, 0) is 54.1 Å². The van der Waals surface area contributed by atoms with Crippen LogP contribution in [0.3, 0.4) is 0 Å². The van der Waals surface area contributed by atoms with Crippen molar-refractivity contribution in [2.75, 3.05) is 6.26 Å². The molecule has 0 amide bonds. The lowest BCUT2D eigenvalue weighted by atomic mass is 9.98. The van der Waals surface area contributed by atoms with E-state index in [0.29, 0.717) is 5.56 Å². The van der Waals surface area contributed by atoms with Gasteiger partial charge in [0.05, 0.1) is 16.3 Å². The molecule has 0 aliphatic carbocycles. The molecule has 2 N–H and O–H groups in total. The molecule has 1 heterocycles. The van der Waals surface area contributed by atoms with Crippen LogP contribution in [0, 0.1) is 0 Å². The first-order valence-electron chi connectivity index (χ1n) is 9.54. The first-order chi connectivity index (χ1) is 15.4. The SMILES string of the molecule is CS(=O)(=O)c1ccc(-c2c(-c3ccc(O)cc3)c(C(F)(F)F)nn2-c2ccc(O)cc2)cc1. The molecule has 0 aliphatic heterocycles. The number of halogens is 3. The lowest BCUT2D eigenvalue weighted by Gasteiger charge is -2.12. The minimum Gasteiger partial charge on any atom is -0.508 e. The molecule has 33 heavy (non-hydrogen) atoms. The van der Waals surface area contributed by atoms with E-state index in [1.54, 1.807) is 0 Å². The number of phenolic OH excluding ortho intramolecular Hbond substituents is 2. The van der Waals surface area contributed by atoms with Crippen molar-refractivity contribution < 1.29 is 31.8 Å². The summed E-state index contributed by atoms with van der Waals surface area (Å²) in [5.74, 6) is -0.183. The van der Waals surface area contributed by atoms with Crippen LogP contribution >= 0.6 is 0 Å². The molecule has 0 saturated heterocycles. The van der Waals surface area contributed by atoms with Crippen molar-refractivity contribution in [1.82, 2.24) is 9.78 Å². The molecule has 6 nitrogen and oxygen atoms in total. The third-order valence-electron chi connectivity index (χ3n) is 4.96. The Morgan fingerprint density at radius 2 is 1.27 bits per heavy atom. The maximum atomic E-state index is 14.1. The smallest absolute Gasteiger partial charge is 0.435 e. The van der Waals surface area contributed by atoms with Crippen LogP contribution in [0.4, 0.5) is 13.2 Å². The number of sulfone groups is 1. The first kappa shape index (κ1) is 22.4. The summed E-state index contributed by atoms with van der Waals surface area (Å²) >= 11 is 0. The molecule has 0 fully saturated rings. The van der Waals surface area contributed by atoms with Gasteiger partial charge in [-0.3, -0.25) is 0 Å². The number of phenols is 2. The molecule has 170 valence electrons. The Bertz CT molecular complexity index is 1410. The van der Waals surface area contributed by atoms with Gasteiger partial charge in [-0.1, -0.05) is 24.3 Å². The minimum absolute atomic E-state index is 0.0178. The Kier molecular flexibility index (Phi) is 5.41. The van der Waals surface area contributed by atoms with Crippen molar-refractivity contribution in [3.8, 4) is 39.6 Å². The van der Waals surface area contributed by atoms with Crippen molar-refractivity contribution in [1.29, 1.82) is 0 Å². The van der Waals surface area contributed by atoms with Crippen molar-refractivity contribution in [2.24, 2.45) is 0 Å². The predicted molar refractivity (Wildman–Crippen MR) is 116 cm³/mol. The average molecular weight is 474 g/mol. The van der Waals surface area contributed by atoms with Crippen molar-refractivity contribution in [3.05, 3.63) is 78.5 Å². The van der Waals surface area contributed by atoms with Crippen LogP contribution in [0.25, 0.3) is 28.1 Å².